The number of nitrogens with zero attached hydrogens (tertiary/aromatic N) is 2. The molecule has 1 aromatic carbocycles. The van der Waals surface area contributed by atoms with Crippen molar-refractivity contribution in [2.75, 3.05) is 33.2 Å². The van der Waals surface area contributed by atoms with Gasteiger partial charge in [0.25, 0.3) is 0 Å². The molecule has 19 heavy (non-hydrogen) atoms. The van der Waals surface area contributed by atoms with E-state index in [0.717, 1.165) is 0 Å². The molecule has 1 aliphatic rings. The lowest BCUT2D eigenvalue weighted by molar-refractivity contribution is 0.222. The smallest absolute Gasteiger partial charge is 0.423 e. The van der Waals surface area contributed by atoms with E-state index in [0.29, 0.717) is 26.2 Å². The molecule has 0 unspecified atom stereocenters. The molecule has 2 N–H and O–H groups in total. The summed E-state index contributed by atoms with van der Waals surface area (Å²) in [5, 5.41) is 18.5. The van der Waals surface area contributed by atoms with Gasteiger partial charge in [-0.2, -0.15) is 4.31 Å². The SMILES string of the molecule is CN1CCN(S(=O)(=O)c2ccccc2B(O)O)CC1. The lowest BCUT2D eigenvalue weighted by Crippen LogP contribution is -2.48. The van der Waals surface area contributed by atoms with Crippen LogP contribution in [0.2, 0.25) is 0 Å². The van der Waals surface area contributed by atoms with Gasteiger partial charge in [-0.05, 0) is 13.1 Å². The quantitative estimate of drug-likeness (QED) is 0.647. The highest BCUT2D eigenvalue weighted by Gasteiger charge is 2.31. The van der Waals surface area contributed by atoms with Gasteiger partial charge in [0.1, 0.15) is 0 Å². The molecule has 0 radical (unpaired) electrons. The lowest BCUT2D eigenvalue weighted by atomic mass is 9.80. The highest BCUT2D eigenvalue weighted by atomic mass is 32.2. The molecule has 0 atom stereocenters. The molecule has 1 fully saturated rings. The van der Waals surface area contributed by atoms with E-state index in [-0.39, 0.29) is 10.4 Å². The molecule has 0 aromatic heterocycles. The summed E-state index contributed by atoms with van der Waals surface area (Å²) in [5.74, 6) is 0. The van der Waals surface area contributed by atoms with Gasteiger partial charge in [-0.15, -0.1) is 0 Å². The van der Waals surface area contributed by atoms with Crippen molar-refractivity contribution in [3.63, 3.8) is 0 Å². The summed E-state index contributed by atoms with van der Waals surface area (Å²) < 4.78 is 26.4. The van der Waals surface area contributed by atoms with Crippen LogP contribution in [-0.2, 0) is 10.0 Å². The van der Waals surface area contributed by atoms with Crippen molar-refractivity contribution in [3.8, 4) is 0 Å². The minimum atomic E-state index is -3.67. The summed E-state index contributed by atoms with van der Waals surface area (Å²) in [7, 11) is -3.53. The fourth-order valence-corrected chi connectivity index (χ4v) is 3.74. The summed E-state index contributed by atoms with van der Waals surface area (Å²) in [6.45, 7) is 2.16. The molecule has 2 rings (SSSR count). The van der Waals surface area contributed by atoms with Gasteiger partial charge < -0.3 is 14.9 Å². The summed E-state index contributed by atoms with van der Waals surface area (Å²) >= 11 is 0. The summed E-state index contributed by atoms with van der Waals surface area (Å²) in [6.07, 6.45) is 0. The summed E-state index contributed by atoms with van der Waals surface area (Å²) in [6, 6.07) is 5.97. The van der Waals surface area contributed by atoms with E-state index in [4.69, 9.17) is 0 Å². The van der Waals surface area contributed by atoms with Crippen LogP contribution in [0.4, 0.5) is 0 Å². The third-order valence-corrected chi connectivity index (χ3v) is 5.25. The maximum Gasteiger partial charge on any atom is 0.489 e. The third-order valence-electron chi connectivity index (χ3n) is 3.28. The van der Waals surface area contributed by atoms with E-state index >= 15 is 0 Å². The Morgan fingerprint density at radius 1 is 1.11 bits per heavy atom. The van der Waals surface area contributed by atoms with Gasteiger partial charge in [-0.3, -0.25) is 0 Å². The Bertz CT molecular complexity index is 541. The zero-order valence-corrected chi connectivity index (χ0v) is 11.5. The fraction of sp³-hybridized carbons (Fsp3) is 0.455. The number of likely N-dealkylation sites (N-methyl/N-ethyl adjacent to an activating group) is 1. The predicted molar refractivity (Wildman–Crippen MR) is 72.5 cm³/mol. The maximum absolute atomic E-state index is 12.5. The second kappa shape index (κ2) is 5.60. The van der Waals surface area contributed by atoms with Crippen LogP contribution in [0.5, 0.6) is 0 Å². The first-order valence-corrected chi connectivity index (χ1v) is 7.50. The van der Waals surface area contributed by atoms with Gasteiger partial charge in [0, 0.05) is 31.6 Å². The second-order valence-electron chi connectivity index (χ2n) is 4.62. The standard InChI is InChI=1S/C11H17BN2O4S/c1-13-6-8-14(9-7-13)19(17,18)11-5-3-2-4-10(11)12(15)16/h2-5,15-16H,6-9H2,1H3. The Balaban J connectivity index is 2.35. The average molecular weight is 284 g/mol. The Kier molecular flexibility index (Phi) is 4.27. The van der Waals surface area contributed by atoms with Crippen molar-refractivity contribution in [3.05, 3.63) is 24.3 Å². The maximum atomic E-state index is 12.5. The molecular weight excluding hydrogens is 267 g/mol. The first-order valence-electron chi connectivity index (χ1n) is 6.06. The number of piperazine rings is 1. The molecule has 0 saturated carbocycles. The van der Waals surface area contributed by atoms with E-state index in [2.05, 4.69) is 4.90 Å². The average Bonchev–Trinajstić information content (AvgIpc) is 2.39. The highest BCUT2D eigenvalue weighted by molar-refractivity contribution is 7.89. The van der Waals surface area contributed by atoms with Gasteiger partial charge in [-0.25, -0.2) is 8.42 Å². The Morgan fingerprint density at radius 2 is 1.68 bits per heavy atom. The molecule has 1 saturated heterocycles. The van der Waals surface area contributed by atoms with Crippen molar-refractivity contribution in [1.82, 2.24) is 9.21 Å². The summed E-state index contributed by atoms with van der Waals surface area (Å²) in [5.41, 5.74) is 0.0152. The van der Waals surface area contributed by atoms with Gasteiger partial charge in [-0.1, -0.05) is 18.2 Å². The highest BCUT2D eigenvalue weighted by Crippen LogP contribution is 2.15. The molecular formula is C11H17BN2O4S. The molecule has 1 heterocycles. The number of rotatable bonds is 3. The van der Waals surface area contributed by atoms with Crippen LogP contribution in [0, 0.1) is 0 Å². The number of hydrogen-bond acceptors (Lipinski definition) is 5. The molecule has 0 aliphatic carbocycles. The van der Waals surface area contributed by atoms with Gasteiger partial charge in [0.05, 0.1) is 4.90 Å². The number of benzene rings is 1. The van der Waals surface area contributed by atoms with Crippen molar-refractivity contribution >= 4 is 22.6 Å². The molecule has 1 aliphatic heterocycles. The number of sulfonamides is 1. The van der Waals surface area contributed by atoms with Crippen LogP contribution in [0.3, 0.4) is 0 Å². The molecule has 8 heteroatoms. The molecule has 6 nitrogen and oxygen atoms in total. The zero-order valence-electron chi connectivity index (χ0n) is 10.7. The third kappa shape index (κ3) is 2.98. The molecule has 0 amide bonds. The van der Waals surface area contributed by atoms with E-state index < -0.39 is 17.1 Å². The molecule has 104 valence electrons. The fourth-order valence-electron chi connectivity index (χ4n) is 2.10. The van der Waals surface area contributed by atoms with Crippen molar-refractivity contribution in [2.24, 2.45) is 0 Å². The van der Waals surface area contributed by atoms with Crippen molar-refractivity contribution in [1.29, 1.82) is 0 Å². The Hall–Kier alpha value is -0.925. The molecule has 1 aromatic rings. The van der Waals surface area contributed by atoms with Crippen LogP contribution < -0.4 is 5.46 Å². The minimum absolute atomic E-state index is 0.0152. The van der Waals surface area contributed by atoms with Crippen LogP contribution in [0.1, 0.15) is 0 Å². The van der Waals surface area contributed by atoms with E-state index in [1.165, 1.54) is 16.4 Å². The molecule has 0 bridgehead atoms. The Labute approximate surface area is 113 Å². The lowest BCUT2D eigenvalue weighted by Gasteiger charge is -2.32. The van der Waals surface area contributed by atoms with E-state index in [1.807, 2.05) is 7.05 Å². The second-order valence-corrected chi connectivity index (χ2v) is 6.53. The first-order chi connectivity index (χ1) is 8.93. The van der Waals surface area contributed by atoms with Crippen LogP contribution in [0.25, 0.3) is 0 Å². The Morgan fingerprint density at radius 3 is 2.26 bits per heavy atom. The topological polar surface area (TPSA) is 81.1 Å². The monoisotopic (exact) mass is 284 g/mol. The zero-order chi connectivity index (χ0) is 14.0. The number of hydrogen-bond donors (Lipinski definition) is 2. The normalized spacial score (nSPS) is 18.5. The van der Waals surface area contributed by atoms with E-state index in [1.54, 1.807) is 12.1 Å². The largest absolute Gasteiger partial charge is 0.489 e. The van der Waals surface area contributed by atoms with Crippen molar-refractivity contribution < 1.29 is 18.5 Å². The van der Waals surface area contributed by atoms with Gasteiger partial charge >= 0.3 is 7.12 Å². The first kappa shape index (κ1) is 14.5. The van der Waals surface area contributed by atoms with Gasteiger partial charge in [0.15, 0.2) is 0 Å². The van der Waals surface area contributed by atoms with Crippen molar-refractivity contribution in [2.45, 2.75) is 4.90 Å². The van der Waals surface area contributed by atoms with E-state index in [9.17, 15) is 18.5 Å². The van der Waals surface area contributed by atoms with Crippen LogP contribution >= 0.6 is 0 Å². The van der Waals surface area contributed by atoms with Crippen LogP contribution in [0.15, 0.2) is 29.2 Å². The van der Waals surface area contributed by atoms with Gasteiger partial charge in [0.2, 0.25) is 10.0 Å². The molecule has 0 spiro atoms. The summed E-state index contributed by atoms with van der Waals surface area (Å²) in [4.78, 5) is 2.02. The predicted octanol–water partition coefficient (Wildman–Crippen LogP) is -1.70. The minimum Gasteiger partial charge on any atom is -0.423 e. The van der Waals surface area contributed by atoms with Crippen LogP contribution in [-0.4, -0.2) is 68.0 Å².